The molecule has 2 aliphatic rings. The number of fused-ring (bicyclic) bond motifs is 4. The number of rotatable bonds is 13. The minimum Gasteiger partial charge on any atom is -0.476 e. The molecule has 2 aromatic carbocycles. The summed E-state index contributed by atoms with van der Waals surface area (Å²) in [5.41, 5.74) is 16.6. The van der Waals surface area contributed by atoms with Gasteiger partial charge in [-0.05, 0) is 73.2 Å². The highest BCUT2D eigenvalue weighted by Crippen LogP contribution is 2.23. The zero-order chi connectivity index (χ0) is 48.9. The second-order valence-electron chi connectivity index (χ2n) is 16.9. The van der Waals surface area contributed by atoms with E-state index < -0.39 is 18.2 Å². The lowest BCUT2D eigenvalue weighted by molar-refractivity contribution is 0.0691. The first-order valence-corrected chi connectivity index (χ1v) is 29.2. The summed E-state index contributed by atoms with van der Waals surface area (Å²) in [6, 6.07) is 24.5. The summed E-state index contributed by atoms with van der Waals surface area (Å²) >= 11 is 4.24. The van der Waals surface area contributed by atoms with Gasteiger partial charge in [-0.15, -0.1) is 0 Å². The zero-order valence-electron chi connectivity index (χ0n) is 38.7. The molecule has 0 saturated carbocycles. The van der Waals surface area contributed by atoms with Crippen molar-refractivity contribution in [3.63, 3.8) is 0 Å². The molecule has 362 valence electrons. The number of imidazole rings is 2. The van der Waals surface area contributed by atoms with Crippen LogP contribution in [0.1, 0.15) is 57.1 Å². The van der Waals surface area contributed by atoms with Crippen LogP contribution in [-0.2, 0) is 39.0 Å². The summed E-state index contributed by atoms with van der Waals surface area (Å²) in [7, 11) is 0. The Hall–Kier alpha value is -5.56. The SMILES string of the molecule is CCn1cc(-c2ccc3nc(C(=O)NC[C@H](O)CN4CCc5ccccc5C4)cn3c2)cn1.CCn1cc(-c2ccc3nc(C(=O)O)cn3c2)cn1.II.NC[C@H](O)CN1CCc2ccccc2C1. The van der Waals surface area contributed by atoms with Gasteiger partial charge in [0.1, 0.15) is 17.0 Å². The molecular weight excluding hydrogens is 1100 g/mol. The average molecular weight is 1160 g/mol. The Morgan fingerprint density at radius 3 is 1.57 bits per heavy atom. The molecule has 0 spiro atoms. The Bertz CT molecular complexity index is 2950. The normalized spacial score (nSPS) is 14.2. The summed E-state index contributed by atoms with van der Waals surface area (Å²) < 4.78 is 7.27. The van der Waals surface area contributed by atoms with Gasteiger partial charge in [0, 0.05) is 162 Å². The third kappa shape index (κ3) is 13.6. The summed E-state index contributed by atoms with van der Waals surface area (Å²) in [6.45, 7) is 11.1. The van der Waals surface area contributed by atoms with Crippen LogP contribution >= 0.6 is 37.2 Å². The van der Waals surface area contributed by atoms with E-state index in [4.69, 9.17) is 10.8 Å². The first-order valence-electron chi connectivity index (χ1n) is 22.9. The van der Waals surface area contributed by atoms with Crippen LogP contribution in [0.25, 0.3) is 33.5 Å². The van der Waals surface area contributed by atoms with E-state index in [0.717, 1.165) is 74.4 Å². The van der Waals surface area contributed by atoms with Crippen molar-refractivity contribution in [3.05, 3.63) is 156 Å². The summed E-state index contributed by atoms with van der Waals surface area (Å²) in [5, 5.41) is 40.3. The second kappa shape index (κ2) is 24.8. The molecule has 19 heteroatoms. The van der Waals surface area contributed by atoms with Crippen molar-refractivity contribution < 1.29 is 24.9 Å². The van der Waals surface area contributed by atoms with E-state index in [9.17, 15) is 19.8 Å². The quantitative estimate of drug-likeness (QED) is 0.0793. The number of amides is 1. The highest BCUT2D eigenvalue weighted by Gasteiger charge is 2.21. The fourth-order valence-electron chi connectivity index (χ4n) is 8.37. The maximum absolute atomic E-state index is 12.6. The van der Waals surface area contributed by atoms with Gasteiger partial charge in [0.2, 0.25) is 0 Å². The van der Waals surface area contributed by atoms with Gasteiger partial charge in [0.05, 0.1) is 24.6 Å². The highest BCUT2D eigenvalue weighted by molar-refractivity contribution is 15.0. The largest absolute Gasteiger partial charge is 0.476 e. The van der Waals surface area contributed by atoms with Crippen LogP contribution in [0.4, 0.5) is 0 Å². The van der Waals surface area contributed by atoms with Crippen LogP contribution in [0.5, 0.6) is 0 Å². The van der Waals surface area contributed by atoms with E-state index >= 15 is 0 Å². The second-order valence-corrected chi connectivity index (χ2v) is 16.9. The number of carbonyl (C=O) groups excluding carboxylic acids is 1. The first-order chi connectivity index (χ1) is 33.5. The Morgan fingerprint density at radius 1 is 0.638 bits per heavy atom. The number of carbonyl (C=O) groups is 2. The van der Waals surface area contributed by atoms with Crippen molar-refractivity contribution >= 4 is 60.4 Å². The maximum Gasteiger partial charge on any atom is 0.356 e. The third-order valence-corrected chi connectivity index (χ3v) is 12.1. The van der Waals surface area contributed by atoms with E-state index in [2.05, 4.69) is 121 Å². The van der Waals surface area contributed by atoms with Gasteiger partial charge in [-0.1, -0.05) is 48.5 Å². The zero-order valence-corrected chi connectivity index (χ0v) is 43.0. The number of carboxylic acids is 1. The Morgan fingerprint density at radius 2 is 1.10 bits per heavy atom. The molecule has 0 unspecified atom stereocenters. The monoisotopic (exact) mass is 1160 g/mol. The van der Waals surface area contributed by atoms with Gasteiger partial charge in [-0.2, -0.15) is 10.2 Å². The van der Waals surface area contributed by atoms with Crippen molar-refractivity contribution in [1.82, 2.24) is 53.4 Å². The smallest absolute Gasteiger partial charge is 0.356 e. The number of hydrogen-bond donors (Lipinski definition) is 5. The van der Waals surface area contributed by atoms with Crippen LogP contribution in [0.2, 0.25) is 0 Å². The summed E-state index contributed by atoms with van der Waals surface area (Å²) in [5.74, 6) is -1.31. The van der Waals surface area contributed by atoms with Crippen LogP contribution in [-0.4, -0.2) is 127 Å². The van der Waals surface area contributed by atoms with Gasteiger partial charge in [-0.3, -0.25) is 24.0 Å². The standard InChI is InChI=1S/C25H28N6O2.C13H12N4O2.C12H18N2O.I2/c1-2-31-15-21(11-27-31)20-7-8-24-28-23(17-30(24)14-20)25(33)26-12-22(32)16-29-10-9-18-5-3-4-6-19(18)13-29;1-2-17-7-10(5-14-17)9-3-4-12-15-11(13(18)19)8-16(12)6-9;13-7-12(15)9-14-6-5-10-3-1-2-4-11(10)8-14;1-2/h3-8,11,14-15,17,22,32H,2,9-10,12-13,16H2,1H3,(H,26,33);3-8H,2H2,1H3,(H,18,19);1-4,12,15H,5-9,13H2;/t22-;;12-;/m0.0./s1. The molecule has 1 amide bonds. The molecule has 0 saturated heterocycles. The van der Waals surface area contributed by atoms with Gasteiger partial charge in [-0.25, -0.2) is 14.8 Å². The van der Waals surface area contributed by atoms with Crippen LogP contribution in [0.15, 0.2) is 122 Å². The van der Waals surface area contributed by atoms with Crippen molar-refractivity contribution in [2.75, 3.05) is 39.3 Å². The lowest BCUT2D eigenvalue weighted by Gasteiger charge is -2.30. The van der Waals surface area contributed by atoms with Crippen LogP contribution < -0.4 is 11.1 Å². The van der Waals surface area contributed by atoms with E-state index in [1.807, 2.05) is 76.8 Å². The van der Waals surface area contributed by atoms with Crippen molar-refractivity contribution in [2.45, 2.75) is 65.1 Å². The number of aliphatic hydroxyl groups excluding tert-OH is 2. The number of benzene rings is 2. The topological polar surface area (TPSA) is 210 Å². The fourth-order valence-corrected chi connectivity index (χ4v) is 8.37. The molecule has 2 atom stereocenters. The number of hydrogen-bond acceptors (Lipinski definition) is 11. The number of nitrogens with two attached hydrogens (primary N) is 1. The summed E-state index contributed by atoms with van der Waals surface area (Å²) in [6.07, 6.45) is 15.6. The lowest BCUT2D eigenvalue weighted by Crippen LogP contribution is -2.42. The number of nitrogens with one attached hydrogen (secondary N) is 1. The van der Waals surface area contributed by atoms with E-state index in [1.54, 1.807) is 22.9 Å². The molecule has 10 rings (SSSR count). The molecule has 8 heterocycles. The molecule has 2 aliphatic heterocycles. The van der Waals surface area contributed by atoms with E-state index in [-0.39, 0.29) is 18.1 Å². The number of aromatic nitrogens is 8. The fraction of sp³-hybridized carbons (Fsp3) is 0.320. The lowest BCUT2D eigenvalue weighted by atomic mass is 10.00. The molecule has 8 aromatic rings. The predicted molar refractivity (Wildman–Crippen MR) is 283 cm³/mol. The number of halogens is 2. The van der Waals surface area contributed by atoms with Crippen LogP contribution in [0, 0.1) is 0 Å². The average Bonchev–Trinajstić information content (AvgIpc) is 4.23. The molecule has 0 radical (unpaired) electrons. The maximum atomic E-state index is 12.6. The third-order valence-electron chi connectivity index (χ3n) is 12.1. The predicted octanol–water partition coefficient (Wildman–Crippen LogP) is 6.42. The number of aryl methyl sites for hydroxylation is 2. The molecule has 6 aromatic heterocycles. The van der Waals surface area contributed by atoms with E-state index in [1.165, 1.54) is 28.5 Å². The number of nitrogens with zero attached hydrogens (tertiary/aromatic N) is 10. The molecule has 17 nitrogen and oxygen atoms in total. The minimum absolute atomic E-state index is 0.0430. The molecule has 6 N–H and O–H groups in total. The van der Waals surface area contributed by atoms with Crippen molar-refractivity contribution in [3.8, 4) is 22.3 Å². The molecule has 69 heavy (non-hydrogen) atoms. The molecule has 0 fully saturated rings. The van der Waals surface area contributed by atoms with Crippen molar-refractivity contribution in [1.29, 1.82) is 0 Å². The molecule has 0 bridgehead atoms. The Balaban J connectivity index is 0.000000165. The Labute approximate surface area is 424 Å². The number of aromatic carboxylic acids is 1. The number of carboxylic acid groups (broad SMARTS) is 1. The first kappa shape index (κ1) is 51.3. The van der Waals surface area contributed by atoms with Gasteiger partial charge < -0.3 is 35.2 Å². The van der Waals surface area contributed by atoms with Crippen LogP contribution in [0.3, 0.4) is 0 Å². The highest BCUT2D eigenvalue weighted by atomic mass is 128. The van der Waals surface area contributed by atoms with Gasteiger partial charge >= 0.3 is 5.97 Å². The summed E-state index contributed by atoms with van der Waals surface area (Å²) in [4.78, 5) is 36.5. The van der Waals surface area contributed by atoms with Gasteiger partial charge in [0.25, 0.3) is 5.91 Å². The Kier molecular flexibility index (Phi) is 18.5. The number of aliphatic hydroxyl groups is 2. The van der Waals surface area contributed by atoms with E-state index in [0.29, 0.717) is 36.6 Å². The van der Waals surface area contributed by atoms with Crippen molar-refractivity contribution in [2.24, 2.45) is 5.73 Å². The minimum atomic E-state index is -1.02. The number of pyridine rings is 2. The number of β-amino-alcohol motifs (C(OH)–C–C–N with tert-alkyl or cyclic N) is 2. The molecular formula is C50H58I2N12O5. The van der Waals surface area contributed by atoms with Gasteiger partial charge in [0.15, 0.2) is 5.69 Å². The molecule has 0 aliphatic carbocycles.